The predicted octanol–water partition coefficient (Wildman–Crippen LogP) is -0.194. The van der Waals surface area contributed by atoms with Gasteiger partial charge in [-0.3, -0.25) is 9.78 Å². The molecule has 0 fully saturated rings. The smallest absolute Gasteiger partial charge is 0.255 e. The molecule has 2 heterocycles. The molecule has 0 radical (unpaired) electrons. The molecule has 0 aliphatic heterocycles. The van der Waals surface area contributed by atoms with E-state index in [0.29, 0.717) is 17.6 Å². The summed E-state index contributed by atoms with van der Waals surface area (Å²) in [6.07, 6.45) is 6.44. The first-order valence-corrected chi connectivity index (χ1v) is 5.00. The second-order valence-electron chi connectivity index (χ2n) is 3.57. The lowest BCUT2D eigenvalue weighted by molar-refractivity contribution is 0.0943. The first-order chi connectivity index (χ1) is 7.72. The minimum absolute atomic E-state index is 0.0564. The van der Waals surface area contributed by atoms with Crippen LogP contribution in [0.3, 0.4) is 0 Å². The largest absolute Gasteiger partial charge is 0.348 e. The van der Waals surface area contributed by atoms with Gasteiger partial charge in [0.2, 0.25) is 0 Å². The highest BCUT2D eigenvalue weighted by molar-refractivity contribution is 6.00. The third-order valence-corrected chi connectivity index (χ3v) is 2.30. The van der Waals surface area contributed by atoms with E-state index in [-0.39, 0.29) is 11.9 Å². The van der Waals surface area contributed by atoms with Crippen LogP contribution in [0.15, 0.2) is 24.8 Å². The molecule has 2 rings (SSSR count). The number of amides is 1. The summed E-state index contributed by atoms with van der Waals surface area (Å²) in [5.74, 6) is -0.180. The van der Waals surface area contributed by atoms with E-state index in [1.807, 2.05) is 6.92 Å². The molecule has 0 aliphatic rings. The van der Waals surface area contributed by atoms with Crippen LogP contribution in [0.1, 0.15) is 17.3 Å². The van der Waals surface area contributed by atoms with Gasteiger partial charge in [0.1, 0.15) is 0 Å². The van der Waals surface area contributed by atoms with E-state index in [4.69, 9.17) is 5.73 Å². The first kappa shape index (κ1) is 10.6. The van der Waals surface area contributed by atoms with Crippen molar-refractivity contribution in [2.45, 2.75) is 13.0 Å². The zero-order valence-electron chi connectivity index (χ0n) is 8.92. The molecule has 6 nitrogen and oxygen atoms in total. The molecule has 0 aromatic carbocycles. The number of nitrogens with one attached hydrogen (secondary N) is 1. The minimum Gasteiger partial charge on any atom is -0.348 e. The molecule has 2 aromatic rings. The van der Waals surface area contributed by atoms with Crippen LogP contribution in [-0.4, -0.2) is 33.1 Å². The summed E-state index contributed by atoms with van der Waals surface area (Å²) in [7, 11) is 0. The maximum Gasteiger partial charge on any atom is 0.255 e. The Hall–Kier alpha value is -1.95. The van der Waals surface area contributed by atoms with Crippen LogP contribution >= 0.6 is 0 Å². The van der Waals surface area contributed by atoms with Gasteiger partial charge >= 0.3 is 0 Å². The van der Waals surface area contributed by atoms with Crippen molar-refractivity contribution in [3.8, 4) is 0 Å². The lowest BCUT2D eigenvalue weighted by Crippen LogP contribution is -2.37. The molecule has 0 spiro atoms. The Labute approximate surface area is 92.5 Å². The highest BCUT2D eigenvalue weighted by atomic mass is 16.1. The molecule has 6 heteroatoms. The van der Waals surface area contributed by atoms with Crippen molar-refractivity contribution in [1.29, 1.82) is 0 Å². The van der Waals surface area contributed by atoms with E-state index in [2.05, 4.69) is 15.4 Å². The SMILES string of the molecule is C[C@H](CN)NC(=O)c1cnn2ccncc12. The van der Waals surface area contributed by atoms with E-state index < -0.39 is 0 Å². The molecule has 0 saturated heterocycles. The monoisotopic (exact) mass is 219 g/mol. The second-order valence-corrected chi connectivity index (χ2v) is 3.57. The molecule has 1 amide bonds. The predicted molar refractivity (Wildman–Crippen MR) is 59.0 cm³/mol. The number of hydrogen-bond donors (Lipinski definition) is 2. The zero-order chi connectivity index (χ0) is 11.5. The van der Waals surface area contributed by atoms with Crippen molar-refractivity contribution >= 4 is 11.4 Å². The fourth-order valence-electron chi connectivity index (χ4n) is 1.37. The summed E-state index contributed by atoms with van der Waals surface area (Å²) >= 11 is 0. The number of fused-ring (bicyclic) bond motifs is 1. The van der Waals surface area contributed by atoms with Gasteiger partial charge in [-0.25, -0.2) is 4.52 Å². The van der Waals surface area contributed by atoms with Crippen molar-refractivity contribution < 1.29 is 4.79 Å². The minimum atomic E-state index is -0.180. The Morgan fingerprint density at radius 3 is 3.19 bits per heavy atom. The van der Waals surface area contributed by atoms with Gasteiger partial charge in [0.25, 0.3) is 5.91 Å². The second kappa shape index (κ2) is 4.28. The van der Waals surface area contributed by atoms with Gasteiger partial charge in [-0.1, -0.05) is 0 Å². The van der Waals surface area contributed by atoms with Crippen LogP contribution in [0, 0.1) is 0 Å². The summed E-state index contributed by atoms with van der Waals surface area (Å²) in [5.41, 5.74) is 6.63. The summed E-state index contributed by atoms with van der Waals surface area (Å²) in [5, 5.41) is 6.84. The van der Waals surface area contributed by atoms with Crippen LogP contribution in [-0.2, 0) is 0 Å². The van der Waals surface area contributed by atoms with Gasteiger partial charge in [-0.15, -0.1) is 0 Å². The normalized spacial score (nSPS) is 12.6. The number of hydrogen-bond acceptors (Lipinski definition) is 4. The average Bonchev–Trinajstić information content (AvgIpc) is 2.72. The molecular weight excluding hydrogens is 206 g/mol. The Kier molecular flexibility index (Phi) is 2.82. The maximum atomic E-state index is 11.8. The van der Waals surface area contributed by atoms with Crippen molar-refractivity contribution in [3.63, 3.8) is 0 Å². The lowest BCUT2D eigenvalue weighted by Gasteiger charge is -2.09. The van der Waals surface area contributed by atoms with Crippen LogP contribution < -0.4 is 11.1 Å². The van der Waals surface area contributed by atoms with Crippen LogP contribution in [0.4, 0.5) is 0 Å². The first-order valence-electron chi connectivity index (χ1n) is 5.00. The fraction of sp³-hybridized carbons (Fsp3) is 0.300. The molecular formula is C10H13N5O. The molecule has 16 heavy (non-hydrogen) atoms. The Morgan fingerprint density at radius 2 is 2.44 bits per heavy atom. The molecule has 0 aliphatic carbocycles. The summed E-state index contributed by atoms with van der Waals surface area (Å²) in [4.78, 5) is 15.8. The van der Waals surface area contributed by atoms with E-state index >= 15 is 0 Å². The highest BCUT2D eigenvalue weighted by Crippen LogP contribution is 2.08. The van der Waals surface area contributed by atoms with E-state index in [1.165, 1.54) is 6.20 Å². The quantitative estimate of drug-likeness (QED) is 0.749. The van der Waals surface area contributed by atoms with E-state index in [0.717, 1.165) is 0 Å². The lowest BCUT2D eigenvalue weighted by atomic mass is 10.2. The van der Waals surface area contributed by atoms with Crippen molar-refractivity contribution in [2.24, 2.45) is 5.73 Å². The number of carbonyl (C=O) groups excluding carboxylic acids is 1. The van der Waals surface area contributed by atoms with Crippen molar-refractivity contribution in [3.05, 3.63) is 30.4 Å². The Balaban J connectivity index is 2.30. The number of rotatable bonds is 3. The van der Waals surface area contributed by atoms with Gasteiger partial charge in [0.05, 0.1) is 23.5 Å². The van der Waals surface area contributed by atoms with E-state index in [1.54, 1.807) is 23.1 Å². The summed E-state index contributed by atoms with van der Waals surface area (Å²) < 4.78 is 1.61. The number of aromatic nitrogens is 3. The van der Waals surface area contributed by atoms with Gasteiger partial charge < -0.3 is 11.1 Å². The van der Waals surface area contributed by atoms with Crippen molar-refractivity contribution in [1.82, 2.24) is 19.9 Å². The molecule has 84 valence electrons. The number of nitrogens with two attached hydrogens (primary N) is 1. The average molecular weight is 219 g/mol. The van der Waals surface area contributed by atoms with Crippen LogP contribution in [0.25, 0.3) is 5.52 Å². The summed E-state index contributed by atoms with van der Waals surface area (Å²) in [6, 6.07) is -0.0564. The molecule has 0 saturated carbocycles. The number of nitrogens with zero attached hydrogens (tertiary/aromatic N) is 3. The Morgan fingerprint density at radius 1 is 1.62 bits per heavy atom. The third-order valence-electron chi connectivity index (χ3n) is 2.30. The van der Waals surface area contributed by atoms with Crippen LogP contribution in [0.5, 0.6) is 0 Å². The van der Waals surface area contributed by atoms with Gasteiger partial charge in [-0.05, 0) is 6.92 Å². The zero-order valence-corrected chi connectivity index (χ0v) is 8.92. The molecule has 3 N–H and O–H groups in total. The highest BCUT2D eigenvalue weighted by Gasteiger charge is 2.13. The van der Waals surface area contributed by atoms with Gasteiger partial charge in [-0.2, -0.15) is 5.10 Å². The van der Waals surface area contributed by atoms with Crippen LogP contribution in [0.2, 0.25) is 0 Å². The summed E-state index contributed by atoms with van der Waals surface area (Å²) in [6.45, 7) is 2.26. The van der Waals surface area contributed by atoms with Gasteiger partial charge in [0, 0.05) is 25.0 Å². The third kappa shape index (κ3) is 1.87. The topological polar surface area (TPSA) is 85.3 Å². The van der Waals surface area contributed by atoms with Gasteiger partial charge in [0.15, 0.2) is 0 Å². The van der Waals surface area contributed by atoms with Crippen molar-refractivity contribution in [2.75, 3.05) is 6.54 Å². The Bertz CT molecular complexity index is 507. The number of carbonyl (C=O) groups is 1. The standard InChI is InChI=1S/C10H13N5O/c1-7(4-11)14-10(16)8-5-13-15-3-2-12-6-9(8)15/h2-3,5-7H,4,11H2,1H3,(H,14,16)/t7-/m1/s1. The molecule has 2 aromatic heterocycles. The fourth-order valence-corrected chi connectivity index (χ4v) is 1.37. The molecule has 0 unspecified atom stereocenters. The molecule has 0 bridgehead atoms. The molecule has 1 atom stereocenters. The maximum absolute atomic E-state index is 11.8. The van der Waals surface area contributed by atoms with E-state index in [9.17, 15) is 4.79 Å².